The van der Waals surface area contributed by atoms with Crippen LogP contribution in [0.3, 0.4) is 0 Å². The van der Waals surface area contributed by atoms with Crippen molar-refractivity contribution >= 4 is 22.6 Å². The maximum Gasteiger partial charge on any atom is 0.104 e. The van der Waals surface area contributed by atoms with Gasteiger partial charge in [-0.3, -0.25) is 0 Å². The molecule has 1 fully saturated rings. The van der Waals surface area contributed by atoms with Crippen molar-refractivity contribution in [1.82, 2.24) is 0 Å². The molecule has 1 saturated carbocycles. The predicted octanol–water partition coefficient (Wildman–Crippen LogP) is 6.53. The number of benzene rings is 2. The van der Waals surface area contributed by atoms with Crippen LogP contribution in [0.4, 0.5) is 0 Å². The van der Waals surface area contributed by atoms with E-state index in [2.05, 4.69) is 105 Å². The highest BCUT2D eigenvalue weighted by Gasteiger charge is 2.52. The molecule has 0 aliphatic heterocycles. The Balaban J connectivity index is 1.45. The first kappa shape index (κ1) is 19.2. The lowest BCUT2D eigenvalue weighted by molar-refractivity contribution is -0.899. The summed E-state index contributed by atoms with van der Waals surface area (Å²) < 4.78 is 2.34. The standard InChI is InChI=1S/C25H31IN/c1-25(2)21-14-13-20(23(25)15-21)17-27(3,4)16-18-9-11-19(12-10-18)22-7-5-6-8-24(22)26/h5-13,21,23H,14-17H2,1-4H3/q+1/t21-,23-/m1/s1. The van der Waals surface area contributed by atoms with E-state index in [4.69, 9.17) is 0 Å². The van der Waals surface area contributed by atoms with Crippen molar-refractivity contribution in [2.75, 3.05) is 20.6 Å². The van der Waals surface area contributed by atoms with Crippen molar-refractivity contribution in [2.45, 2.75) is 33.2 Å². The zero-order chi connectivity index (χ0) is 19.2. The van der Waals surface area contributed by atoms with Gasteiger partial charge in [-0.1, -0.05) is 62.4 Å². The maximum absolute atomic E-state index is 2.56. The van der Waals surface area contributed by atoms with Gasteiger partial charge in [0.1, 0.15) is 13.1 Å². The van der Waals surface area contributed by atoms with Gasteiger partial charge in [0.25, 0.3) is 0 Å². The second-order valence-corrected chi connectivity index (χ2v) is 10.9. The fourth-order valence-electron chi connectivity index (χ4n) is 5.19. The van der Waals surface area contributed by atoms with E-state index in [-0.39, 0.29) is 0 Å². The van der Waals surface area contributed by atoms with E-state index < -0.39 is 0 Å². The van der Waals surface area contributed by atoms with Crippen LogP contribution in [0.2, 0.25) is 0 Å². The minimum absolute atomic E-state index is 0.526. The van der Waals surface area contributed by atoms with Crippen molar-refractivity contribution in [2.24, 2.45) is 17.3 Å². The zero-order valence-electron chi connectivity index (χ0n) is 17.0. The van der Waals surface area contributed by atoms with Gasteiger partial charge in [0.2, 0.25) is 0 Å². The van der Waals surface area contributed by atoms with Gasteiger partial charge in [-0.2, -0.15) is 0 Å². The molecule has 0 N–H and O–H groups in total. The van der Waals surface area contributed by atoms with Crippen LogP contribution in [0.15, 0.2) is 60.2 Å². The number of quaternary nitrogens is 1. The molecule has 3 aliphatic carbocycles. The Morgan fingerprint density at radius 3 is 2.33 bits per heavy atom. The summed E-state index contributed by atoms with van der Waals surface area (Å²) in [4.78, 5) is 0. The van der Waals surface area contributed by atoms with Crippen LogP contribution in [0.25, 0.3) is 11.1 Å². The third-order valence-corrected chi connectivity index (χ3v) is 7.88. The molecule has 2 aromatic rings. The molecule has 5 rings (SSSR count). The summed E-state index contributed by atoms with van der Waals surface area (Å²) in [7, 11) is 4.76. The lowest BCUT2D eigenvalue weighted by Crippen LogP contribution is -2.52. The summed E-state index contributed by atoms with van der Waals surface area (Å²) in [6.07, 6.45) is 5.27. The van der Waals surface area contributed by atoms with Gasteiger partial charge < -0.3 is 4.48 Å². The Morgan fingerprint density at radius 1 is 1.00 bits per heavy atom. The van der Waals surface area contributed by atoms with E-state index in [0.717, 1.165) is 22.9 Å². The molecule has 1 nitrogen and oxygen atoms in total. The van der Waals surface area contributed by atoms with Gasteiger partial charge in [-0.15, -0.1) is 0 Å². The summed E-state index contributed by atoms with van der Waals surface area (Å²) in [5.74, 6) is 1.74. The van der Waals surface area contributed by atoms with E-state index >= 15 is 0 Å². The van der Waals surface area contributed by atoms with Gasteiger partial charge >= 0.3 is 0 Å². The minimum atomic E-state index is 0.526. The molecule has 27 heavy (non-hydrogen) atoms. The molecule has 0 spiro atoms. The first-order chi connectivity index (χ1) is 12.8. The number of halogens is 1. The highest BCUT2D eigenvalue weighted by molar-refractivity contribution is 14.1. The average Bonchev–Trinajstić information content (AvgIpc) is 2.62. The fraction of sp³-hybridized carbons (Fsp3) is 0.440. The molecule has 2 aromatic carbocycles. The molecule has 0 saturated heterocycles. The molecular formula is C25H31IN+. The molecule has 0 unspecified atom stereocenters. The number of allylic oxidation sites excluding steroid dienone is 1. The lowest BCUT2D eigenvalue weighted by atomic mass is 9.49. The Kier molecular flexibility index (Phi) is 5.00. The van der Waals surface area contributed by atoms with Crippen LogP contribution < -0.4 is 0 Å². The number of nitrogens with zero attached hydrogens (tertiary/aromatic N) is 1. The van der Waals surface area contributed by atoms with E-state index in [9.17, 15) is 0 Å². The second-order valence-electron chi connectivity index (χ2n) is 9.75. The molecule has 2 heteroatoms. The largest absolute Gasteiger partial charge is 0.321 e. The van der Waals surface area contributed by atoms with Gasteiger partial charge in [0, 0.05) is 9.13 Å². The van der Waals surface area contributed by atoms with Gasteiger partial charge in [0.15, 0.2) is 0 Å². The van der Waals surface area contributed by atoms with Gasteiger partial charge in [-0.05, 0) is 75.4 Å². The number of hydrogen-bond donors (Lipinski definition) is 0. The van der Waals surface area contributed by atoms with E-state index in [1.165, 1.54) is 39.6 Å². The molecule has 2 bridgehead atoms. The second kappa shape index (κ2) is 7.04. The highest BCUT2D eigenvalue weighted by Crippen LogP contribution is 2.59. The SMILES string of the molecule is CC1(C)[C@@H]2CC=C(C[N+](C)(C)Cc3ccc(-c4ccccc4I)cc3)[C@H]1C2. The van der Waals surface area contributed by atoms with Gasteiger partial charge in [0.05, 0.1) is 14.1 Å². The summed E-state index contributed by atoms with van der Waals surface area (Å²) in [5.41, 5.74) is 6.30. The summed E-state index contributed by atoms with van der Waals surface area (Å²) in [6.45, 7) is 7.21. The summed E-state index contributed by atoms with van der Waals surface area (Å²) in [5, 5.41) is 0. The Bertz CT molecular complexity index is 860. The highest BCUT2D eigenvalue weighted by atomic mass is 127. The molecule has 0 radical (unpaired) electrons. The Morgan fingerprint density at radius 2 is 1.70 bits per heavy atom. The summed E-state index contributed by atoms with van der Waals surface area (Å²) in [6, 6.07) is 17.8. The average molecular weight is 472 g/mol. The van der Waals surface area contributed by atoms with Crippen molar-refractivity contribution < 1.29 is 4.48 Å². The molecule has 0 heterocycles. The smallest absolute Gasteiger partial charge is 0.104 e. The number of rotatable bonds is 5. The fourth-order valence-corrected chi connectivity index (χ4v) is 5.88. The van der Waals surface area contributed by atoms with Crippen LogP contribution >= 0.6 is 22.6 Å². The lowest BCUT2D eigenvalue weighted by Gasteiger charge is -2.57. The molecule has 3 aliphatic rings. The maximum atomic E-state index is 2.56. The topological polar surface area (TPSA) is 0 Å². The molecule has 0 aromatic heterocycles. The van der Waals surface area contributed by atoms with Crippen LogP contribution in [0.1, 0.15) is 32.3 Å². The van der Waals surface area contributed by atoms with Crippen LogP contribution in [0.5, 0.6) is 0 Å². The predicted molar refractivity (Wildman–Crippen MR) is 123 cm³/mol. The van der Waals surface area contributed by atoms with Crippen molar-refractivity contribution in [3.63, 3.8) is 0 Å². The summed E-state index contributed by atoms with van der Waals surface area (Å²) >= 11 is 2.42. The van der Waals surface area contributed by atoms with E-state index in [1.807, 2.05) is 0 Å². The monoisotopic (exact) mass is 472 g/mol. The quantitative estimate of drug-likeness (QED) is 0.264. The normalized spacial score (nSPS) is 23.5. The first-order valence-corrected chi connectivity index (χ1v) is 11.2. The molecular weight excluding hydrogens is 441 g/mol. The third kappa shape index (κ3) is 3.75. The van der Waals surface area contributed by atoms with Crippen LogP contribution in [-0.4, -0.2) is 25.1 Å². The third-order valence-electron chi connectivity index (χ3n) is 6.94. The molecule has 0 amide bonds. The van der Waals surface area contributed by atoms with Crippen molar-refractivity contribution in [3.8, 4) is 11.1 Å². The number of likely N-dealkylation sites (N-methyl/N-ethyl adjacent to an activating group) is 1. The van der Waals surface area contributed by atoms with Crippen LogP contribution in [0, 0.1) is 20.8 Å². The Hall–Kier alpha value is -1.13. The first-order valence-electron chi connectivity index (χ1n) is 10.1. The van der Waals surface area contributed by atoms with E-state index in [0.29, 0.717) is 5.41 Å². The van der Waals surface area contributed by atoms with Crippen molar-refractivity contribution in [1.29, 1.82) is 0 Å². The number of fused-ring (bicyclic) bond motifs is 1. The van der Waals surface area contributed by atoms with Crippen LogP contribution in [-0.2, 0) is 6.54 Å². The van der Waals surface area contributed by atoms with Crippen molar-refractivity contribution in [3.05, 3.63) is 69.3 Å². The molecule has 2 atom stereocenters. The Labute approximate surface area is 178 Å². The number of hydrogen-bond acceptors (Lipinski definition) is 0. The zero-order valence-corrected chi connectivity index (χ0v) is 19.2. The van der Waals surface area contributed by atoms with E-state index in [1.54, 1.807) is 5.57 Å². The minimum Gasteiger partial charge on any atom is -0.321 e. The molecule has 142 valence electrons. The van der Waals surface area contributed by atoms with Gasteiger partial charge in [-0.25, -0.2) is 0 Å².